The Morgan fingerprint density at radius 1 is 1.00 bits per heavy atom. The molecule has 8 heteroatoms. The largest absolute Gasteiger partial charge is 0.493 e. The van der Waals surface area contributed by atoms with Crippen molar-refractivity contribution in [2.75, 3.05) is 19.5 Å². The molecule has 168 valence electrons. The second-order valence-electron chi connectivity index (χ2n) is 7.30. The lowest BCUT2D eigenvalue weighted by molar-refractivity contribution is 0.0697. The SMILES string of the molecule is COc1cc(Nc2cc(-c3ccc(Cl)cc3)nn2-c2ccccc2C)c(C(=O)O)cc1OC. The Balaban J connectivity index is 1.87. The molecule has 4 rings (SSSR count). The van der Waals surface area contributed by atoms with Gasteiger partial charge in [-0.25, -0.2) is 9.48 Å². The Hall–Kier alpha value is -3.97. The third kappa shape index (κ3) is 4.49. The van der Waals surface area contributed by atoms with Gasteiger partial charge in [0.25, 0.3) is 0 Å². The average Bonchev–Trinajstić information content (AvgIpc) is 3.22. The van der Waals surface area contributed by atoms with E-state index in [1.165, 1.54) is 20.3 Å². The van der Waals surface area contributed by atoms with Crippen molar-refractivity contribution in [2.24, 2.45) is 0 Å². The molecule has 0 spiro atoms. The van der Waals surface area contributed by atoms with Crippen molar-refractivity contribution >= 4 is 29.1 Å². The zero-order chi connectivity index (χ0) is 23.5. The van der Waals surface area contributed by atoms with Crippen LogP contribution in [0.15, 0.2) is 66.7 Å². The first-order valence-corrected chi connectivity index (χ1v) is 10.5. The predicted molar refractivity (Wildman–Crippen MR) is 129 cm³/mol. The molecule has 0 saturated carbocycles. The first-order valence-electron chi connectivity index (χ1n) is 10.1. The standard InChI is InChI=1S/C25H22ClN3O4/c1-15-6-4-5-7-21(15)29-24(14-19(28-29)16-8-10-17(26)11-9-16)27-20-13-23(33-3)22(32-2)12-18(20)25(30)31/h4-14,27H,1-3H3,(H,30,31). The molecule has 1 heterocycles. The third-order valence-electron chi connectivity index (χ3n) is 5.21. The molecule has 0 saturated heterocycles. The molecule has 4 aromatic rings. The number of ether oxygens (including phenoxy) is 2. The number of hydrogen-bond donors (Lipinski definition) is 2. The Morgan fingerprint density at radius 2 is 1.67 bits per heavy atom. The number of nitrogens with zero attached hydrogens (tertiary/aromatic N) is 2. The second-order valence-corrected chi connectivity index (χ2v) is 7.74. The lowest BCUT2D eigenvalue weighted by Crippen LogP contribution is -2.08. The highest BCUT2D eigenvalue weighted by Gasteiger charge is 2.19. The third-order valence-corrected chi connectivity index (χ3v) is 5.46. The van der Waals surface area contributed by atoms with Gasteiger partial charge in [0.15, 0.2) is 11.5 Å². The van der Waals surface area contributed by atoms with Crippen LogP contribution in [0.25, 0.3) is 16.9 Å². The molecular weight excluding hydrogens is 442 g/mol. The quantitative estimate of drug-likeness (QED) is 0.351. The van der Waals surface area contributed by atoms with Gasteiger partial charge in [0.2, 0.25) is 0 Å². The number of aromatic nitrogens is 2. The van der Waals surface area contributed by atoms with Crippen molar-refractivity contribution in [3.05, 3.63) is 82.9 Å². The molecule has 1 aromatic heterocycles. The minimum Gasteiger partial charge on any atom is -0.493 e. The normalized spacial score (nSPS) is 10.7. The van der Waals surface area contributed by atoms with Crippen LogP contribution in [0.1, 0.15) is 15.9 Å². The molecule has 0 aliphatic rings. The van der Waals surface area contributed by atoms with E-state index in [2.05, 4.69) is 5.32 Å². The van der Waals surface area contributed by atoms with E-state index < -0.39 is 5.97 Å². The van der Waals surface area contributed by atoms with E-state index in [0.29, 0.717) is 33.7 Å². The Bertz CT molecular complexity index is 1320. The summed E-state index contributed by atoms with van der Waals surface area (Å²) in [6.45, 7) is 1.99. The second kappa shape index (κ2) is 9.26. The van der Waals surface area contributed by atoms with E-state index in [1.807, 2.05) is 49.4 Å². The number of carboxylic acid groups (broad SMARTS) is 1. The van der Waals surface area contributed by atoms with Gasteiger partial charge in [0.1, 0.15) is 5.82 Å². The predicted octanol–water partition coefficient (Wildman–Crippen LogP) is 5.96. The molecule has 0 aliphatic carbocycles. The molecule has 0 bridgehead atoms. The topological polar surface area (TPSA) is 85.6 Å². The highest BCUT2D eigenvalue weighted by Crippen LogP contribution is 2.36. The summed E-state index contributed by atoms with van der Waals surface area (Å²) in [7, 11) is 2.96. The Kier molecular flexibility index (Phi) is 6.24. The lowest BCUT2D eigenvalue weighted by Gasteiger charge is -2.16. The highest BCUT2D eigenvalue weighted by atomic mass is 35.5. The van der Waals surface area contributed by atoms with Crippen LogP contribution in [-0.4, -0.2) is 35.1 Å². The minimum absolute atomic E-state index is 0.0400. The van der Waals surface area contributed by atoms with Crippen LogP contribution >= 0.6 is 11.6 Å². The van der Waals surface area contributed by atoms with Gasteiger partial charge in [-0.15, -0.1) is 0 Å². The van der Waals surface area contributed by atoms with Crippen molar-refractivity contribution in [3.63, 3.8) is 0 Å². The van der Waals surface area contributed by atoms with Crippen LogP contribution in [0.3, 0.4) is 0 Å². The maximum Gasteiger partial charge on any atom is 0.337 e. The summed E-state index contributed by atoms with van der Waals surface area (Å²) >= 11 is 6.04. The summed E-state index contributed by atoms with van der Waals surface area (Å²) in [6.07, 6.45) is 0. The summed E-state index contributed by atoms with van der Waals surface area (Å²) in [6, 6.07) is 20.1. The van der Waals surface area contributed by atoms with Crippen molar-refractivity contribution in [1.29, 1.82) is 0 Å². The van der Waals surface area contributed by atoms with E-state index in [0.717, 1.165) is 16.8 Å². The summed E-state index contributed by atoms with van der Waals surface area (Å²) in [4.78, 5) is 12.0. The number of benzene rings is 3. The number of carbonyl (C=O) groups is 1. The van der Waals surface area contributed by atoms with E-state index in [-0.39, 0.29) is 5.56 Å². The molecule has 0 aliphatic heterocycles. The van der Waals surface area contributed by atoms with Crippen LogP contribution in [0.4, 0.5) is 11.5 Å². The van der Waals surface area contributed by atoms with Gasteiger partial charge in [-0.2, -0.15) is 5.10 Å². The molecule has 0 unspecified atom stereocenters. The number of methoxy groups -OCH3 is 2. The van der Waals surface area contributed by atoms with Gasteiger partial charge in [0.05, 0.1) is 36.9 Å². The van der Waals surface area contributed by atoms with Gasteiger partial charge in [0, 0.05) is 28.8 Å². The molecule has 0 amide bonds. The number of nitrogens with one attached hydrogen (secondary N) is 1. The first-order chi connectivity index (χ1) is 15.9. The molecule has 7 nitrogen and oxygen atoms in total. The van der Waals surface area contributed by atoms with Crippen LogP contribution in [-0.2, 0) is 0 Å². The number of carboxylic acids is 1. The van der Waals surface area contributed by atoms with Gasteiger partial charge in [-0.3, -0.25) is 0 Å². The fourth-order valence-electron chi connectivity index (χ4n) is 3.51. The first kappa shape index (κ1) is 22.2. The highest BCUT2D eigenvalue weighted by molar-refractivity contribution is 6.30. The van der Waals surface area contributed by atoms with E-state index in [1.54, 1.807) is 22.9 Å². The molecule has 33 heavy (non-hydrogen) atoms. The number of halogens is 1. The van der Waals surface area contributed by atoms with Crippen LogP contribution in [0.5, 0.6) is 11.5 Å². The number of aromatic carboxylic acids is 1. The minimum atomic E-state index is -1.10. The summed E-state index contributed by atoms with van der Waals surface area (Å²) in [5, 5.41) is 18.5. The summed E-state index contributed by atoms with van der Waals surface area (Å²) in [5.41, 5.74) is 3.83. The zero-order valence-electron chi connectivity index (χ0n) is 18.3. The van der Waals surface area contributed by atoms with Gasteiger partial charge < -0.3 is 19.9 Å². The number of hydrogen-bond acceptors (Lipinski definition) is 5. The number of anilines is 2. The van der Waals surface area contributed by atoms with Crippen molar-refractivity contribution in [3.8, 4) is 28.4 Å². The van der Waals surface area contributed by atoms with Crippen molar-refractivity contribution < 1.29 is 19.4 Å². The lowest BCUT2D eigenvalue weighted by atomic mass is 10.1. The number of aryl methyl sites for hydroxylation is 1. The Labute approximate surface area is 196 Å². The van der Waals surface area contributed by atoms with Crippen molar-refractivity contribution in [2.45, 2.75) is 6.92 Å². The van der Waals surface area contributed by atoms with Crippen LogP contribution in [0.2, 0.25) is 5.02 Å². The molecule has 2 N–H and O–H groups in total. The van der Waals surface area contributed by atoms with Gasteiger partial charge in [-0.05, 0) is 30.7 Å². The monoisotopic (exact) mass is 463 g/mol. The molecule has 0 fully saturated rings. The average molecular weight is 464 g/mol. The maximum absolute atomic E-state index is 12.0. The fourth-order valence-corrected chi connectivity index (χ4v) is 3.64. The molecule has 0 atom stereocenters. The molecular formula is C25H22ClN3O4. The van der Waals surface area contributed by atoms with E-state index >= 15 is 0 Å². The van der Waals surface area contributed by atoms with E-state index in [4.69, 9.17) is 26.2 Å². The molecule has 3 aromatic carbocycles. The molecule has 0 radical (unpaired) electrons. The van der Waals surface area contributed by atoms with E-state index in [9.17, 15) is 9.90 Å². The maximum atomic E-state index is 12.0. The Morgan fingerprint density at radius 3 is 2.30 bits per heavy atom. The number of para-hydroxylation sites is 1. The number of rotatable bonds is 7. The van der Waals surface area contributed by atoms with Gasteiger partial charge in [-0.1, -0.05) is 41.9 Å². The summed E-state index contributed by atoms with van der Waals surface area (Å²) < 4.78 is 12.4. The van der Waals surface area contributed by atoms with Crippen molar-refractivity contribution in [1.82, 2.24) is 9.78 Å². The zero-order valence-corrected chi connectivity index (χ0v) is 19.1. The smallest absolute Gasteiger partial charge is 0.337 e. The van der Waals surface area contributed by atoms with Crippen LogP contribution < -0.4 is 14.8 Å². The van der Waals surface area contributed by atoms with Crippen LogP contribution in [0, 0.1) is 6.92 Å². The van der Waals surface area contributed by atoms with Gasteiger partial charge >= 0.3 is 5.97 Å². The summed E-state index contributed by atoms with van der Waals surface area (Å²) in [5.74, 6) is 0.224. The fraction of sp³-hybridized carbons (Fsp3) is 0.120.